The topological polar surface area (TPSA) is 44.8 Å². The second-order valence-corrected chi connectivity index (χ2v) is 6.83. The van der Waals surface area contributed by atoms with Crippen molar-refractivity contribution in [2.45, 2.75) is 84.3 Å². The van der Waals surface area contributed by atoms with Crippen LogP contribution in [-0.4, -0.2) is 32.6 Å². The number of carbonyl (C=O) groups excluding carboxylic acids is 1. The van der Waals surface area contributed by atoms with Crippen molar-refractivity contribution in [2.24, 2.45) is 5.92 Å². The van der Waals surface area contributed by atoms with Crippen LogP contribution in [0.5, 0.6) is 0 Å². The average Bonchev–Trinajstić information content (AvgIpc) is 2.57. The maximum Gasteiger partial charge on any atom is 0.333 e. The van der Waals surface area contributed by atoms with Crippen molar-refractivity contribution in [3.8, 4) is 0 Å². The molecule has 0 aliphatic heterocycles. The zero-order chi connectivity index (χ0) is 18.4. The first-order chi connectivity index (χ1) is 11.4. The van der Waals surface area contributed by atoms with Gasteiger partial charge in [-0.2, -0.15) is 0 Å². The molecule has 1 atom stereocenters. The van der Waals surface area contributed by atoms with E-state index in [1.165, 1.54) is 12.8 Å². The smallest absolute Gasteiger partial charge is 0.333 e. The monoisotopic (exact) mass is 342 g/mol. The average molecular weight is 343 g/mol. The third kappa shape index (κ3) is 10.1. The zero-order valence-corrected chi connectivity index (χ0v) is 16.5. The van der Waals surface area contributed by atoms with Crippen LogP contribution < -0.4 is 0 Å². The molecule has 0 aliphatic carbocycles. The summed E-state index contributed by atoms with van der Waals surface area (Å²) in [7, 11) is 3.49. The van der Waals surface area contributed by atoms with Crippen molar-refractivity contribution >= 4 is 5.97 Å². The molecule has 0 bridgehead atoms. The molecule has 0 radical (unpaired) electrons. The van der Waals surface area contributed by atoms with Crippen molar-refractivity contribution in [2.75, 3.05) is 20.8 Å². The highest BCUT2D eigenvalue weighted by atomic mass is 16.7. The van der Waals surface area contributed by atoms with Gasteiger partial charge in [-0.1, -0.05) is 39.7 Å². The van der Waals surface area contributed by atoms with Crippen LogP contribution >= 0.6 is 0 Å². The summed E-state index contributed by atoms with van der Waals surface area (Å²) in [6, 6.07) is 0. The molecule has 0 saturated heterocycles. The molecule has 0 fully saturated rings. The summed E-state index contributed by atoms with van der Waals surface area (Å²) in [5.41, 5.74) is 0.460. The highest BCUT2D eigenvalue weighted by Crippen LogP contribution is 2.28. The SMILES string of the molecule is C=C(C)C(=O)OCCCC(C)CCCC(CCCCC)(OC)OC. The van der Waals surface area contributed by atoms with E-state index in [0.29, 0.717) is 18.1 Å². The molecule has 0 rings (SSSR count). The third-order valence-corrected chi connectivity index (χ3v) is 4.58. The van der Waals surface area contributed by atoms with Crippen molar-refractivity contribution in [3.63, 3.8) is 0 Å². The summed E-state index contributed by atoms with van der Waals surface area (Å²) in [5.74, 6) is -0.110. The Labute approximate surface area is 148 Å². The summed E-state index contributed by atoms with van der Waals surface area (Å²) in [6.07, 6.45) is 9.63. The van der Waals surface area contributed by atoms with Crippen molar-refractivity contribution in [1.82, 2.24) is 0 Å². The number of carbonyl (C=O) groups is 1. The molecule has 0 spiro atoms. The molecule has 4 heteroatoms. The van der Waals surface area contributed by atoms with Crippen molar-refractivity contribution < 1.29 is 19.0 Å². The molecule has 0 amide bonds. The predicted molar refractivity (Wildman–Crippen MR) is 98.9 cm³/mol. The Kier molecular flexibility index (Phi) is 12.9. The zero-order valence-electron chi connectivity index (χ0n) is 16.5. The van der Waals surface area contributed by atoms with Crippen LogP contribution in [0.25, 0.3) is 0 Å². The van der Waals surface area contributed by atoms with Crippen LogP contribution in [0.2, 0.25) is 0 Å². The maximum absolute atomic E-state index is 11.3. The largest absolute Gasteiger partial charge is 0.462 e. The fourth-order valence-electron chi connectivity index (χ4n) is 2.84. The normalized spacial score (nSPS) is 12.9. The Morgan fingerprint density at radius 2 is 1.62 bits per heavy atom. The number of methoxy groups -OCH3 is 2. The van der Waals surface area contributed by atoms with Gasteiger partial charge in [0.25, 0.3) is 0 Å². The highest BCUT2D eigenvalue weighted by Gasteiger charge is 2.28. The van der Waals surface area contributed by atoms with Crippen molar-refractivity contribution in [1.29, 1.82) is 0 Å². The van der Waals surface area contributed by atoms with Crippen LogP contribution in [0, 0.1) is 5.92 Å². The second kappa shape index (κ2) is 13.4. The van der Waals surface area contributed by atoms with E-state index in [2.05, 4.69) is 20.4 Å². The molecule has 0 aromatic carbocycles. The summed E-state index contributed by atoms with van der Waals surface area (Å²) in [4.78, 5) is 11.3. The molecule has 0 N–H and O–H groups in total. The van der Waals surface area contributed by atoms with Crippen LogP contribution in [-0.2, 0) is 19.0 Å². The summed E-state index contributed by atoms with van der Waals surface area (Å²) in [5, 5.41) is 0. The van der Waals surface area contributed by atoms with Gasteiger partial charge in [0, 0.05) is 32.6 Å². The van der Waals surface area contributed by atoms with Crippen molar-refractivity contribution in [3.05, 3.63) is 12.2 Å². The van der Waals surface area contributed by atoms with Gasteiger partial charge in [0.2, 0.25) is 0 Å². The second-order valence-electron chi connectivity index (χ2n) is 6.83. The molecule has 24 heavy (non-hydrogen) atoms. The van der Waals surface area contributed by atoms with E-state index in [1.807, 2.05) is 0 Å². The molecule has 0 aromatic heterocycles. The number of ether oxygens (including phenoxy) is 3. The lowest BCUT2D eigenvalue weighted by Gasteiger charge is -2.31. The van der Waals surface area contributed by atoms with Gasteiger partial charge in [-0.05, 0) is 38.5 Å². The summed E-state index contributed by atoms with van der Waals surface area (Å²) in [6.45, 7) is 10.2. The van der Waals surface area contributed by atoms with Crippen LogP contribution in [0.1, 0.15) is 78.6 Å². The minimum Gasteiger partial charge on any atom is -0.462 e. The first-order valence-corrected chi connectivity index (χ1v) is 9.33. The van der Waals surface area contributed by atoms with Gasteiger partial charge in [0.05, 0.1) is 6.61 Å². The van der Waals surface area contributed by atoms with Gasteiger partial charge in [-0.3, -0.25) is 0 Å². The first-order valence-electron chi connectivity index (χ1n) is 9.33. The number of hydrogen-bond donors (Lipinski definition) is 0. The predicted octanol–water partition coefficient (Wildman–Crippen LogP) is 5.26. The summed E-state index contributed by atoms with van der Waals surface area (Å²) < 4.78 is 16.5. The molecule has 0 heterocycles. The Balaban J connectivity index is 3.96. The van der Waals surface area contributed by atoms with E-state index in [4.69, 9.17) is 14.2 Å². The van der Waals surface area contributed by atoms with E-state index in [-0.39, 0.29) is 5.97 Å². The molecular formula is C20H38O4. The van der Waals surface area contributed by atoms with E-state index in [1.54, 1.807) is 21.1 Å². The minimum atomic E-state index is -0.425. The maximum atomic E-state index is 11.3. The van der Waals surface area contributed by atoms with Gasteiger partial charge in [-0.15, -0.1) is 0 Å². The van der Waals surface area contributed by atoms with Gasteiger partial charge in [0.1, 0.15) is 0 Å². The Morgan fingerprint density at radius 3 is 2.17 bits per heavy atom. The number of esters is 1. The fourth-order valence-corrected chi connectivity index (χ4v) is 2.84. The van der Waals surface area contributed by atoms with Crippen LogP contribution in [0.15, 0.2) is 12.2 Å². The van der Waals surface area contributed by atoms with Gasteiger partial charge < -0.3 is 14.2 Å². The molecule has 0 aliphatic rings. The molecule has 4 nitrogen and oxygen atoms in total. The number of hydrogen-bond acceptors (Lipinski definition) is 4. The molecule has 1 unspecified atom stereocenters. The lowest BCUT2D eigenvalue weighted by molar-refractivity contribution is -0.216. The van der Waals surface area contributed by atoms with Gasteiger partial charge in [0.15, 0.2) is 5.79 Å². The van der Waals surface area contributed by atoms with Gasteiger partial charge >= 0.3 is 5.97 Å². The van der Waals surface area contributed by atoms with E-state index >= 15 is 0 Å². The Morgan fingerprint density at radius 1 is 1.04 bits per heavy atom. The minimum absolute atomic E-state index is 0.292. The lowest BCUT2D eigenvalue weighted by atomic mass is 9.95. The van der Waals surface area contributed by atoms with Gasteiger partial charge in [-0.25, -0.2) is 4.79 Å². The molecule has 0 aromatic rings. The van der Waals surface area contributed by atoms with Crippen LogP contribution in [0.4, 0.5) is 0 Å². The Hall–Kier alpha value is -0.870. The molecule has 0 saturated carbocycles. The highest BCUT2D eigenvalue weighted by molar-refractivity contribution is 5.86. The number of rotatable bonds is 15. The third-order valence-electron chi connectivity index (χ3n) is 4.58. The molecule has 142 valence electrons. The van der Waals surface area contributed by atoms with Crippen LogP contribution in [0.3, 0.4) is 0 Å². The Bertz CT molecular complexity index is 348. The summed E-state index contributed by atoms with van der Waals surface area (Å²) >= 11 is 0. The first kappa shape index (κ1) is 23.1. The lowest BCUT2D eigenvalue weighted by Crippen LogP contribution is -2.33. The van der Waals surface area contributed by atoms with E-state index in [0.717, 1.165) is 44.9 Å². The standard InChI is InChI=1S/C20H38O4/c1-7-8-9-14-20(22-5,23-6)15-10-12-18(4)13-11-16-24-19(21)17(2)3/h18H,2,7-16H2,1,3-6H3. The van der Waals surface area contributed by atoms with E-state index < -0.39 is 5.79 Å². The molecular weight excluding hydrogens is 304 g/mol. The number of unbranched alkanes of at least 4 members (excludes halogenated alkanes) is 2. The quantitative estimate of drug-likeness (QED) is 0.176. The fraction of sp³-hybridized carbons (Fsp3) is 0.850. The van der Waals surface area contributed by atoms with E-state index in [9.17, 15) is 4.79 Å².